The van der Waals surface area contributed by atoms with Gasteiger partial charge in [0, 0.05) is 15.8 Å². The number of benzene rings is 1. The van der Waals surface area contributed by atoms with Gasteiger partial charge in [0.2, 0.25) is 0 Å². The van der Waals surface area contributed by atoms with Crippen LogP contribution in [0.3, 0.4) is 0 Å². The maximum Gasteiger partial charge on any atom is 0.303 e. The molecule has 5 nitrogen and oxygen atoms in total. The molecule has 0 spiro atoms. The molecule has 0 fully saturated rings. The van der Waals surface area contributed by atoms with Gasteiger partial charge in [-0.2, -0.15) is 0 Å². The molecule has 0 bridgehead atoms. The normalized spacial score (nSPS) is 11.6. The second-order valence-corrected chi connectivity index (χ2v) is 4.12. The Morgan fingerprint density at radius 1 is 1.50 bits per heavy atom. The van der Waals surface area contributed by atoms with Crippen LogP contribution in [0.2, 0.25) is 0 Å². The smallest absolute Gasteiger partial charge is 0.303 e. The maximum atomic E-state index is 10.5. The molecule has 1 aromatic carbocycles. The maximum absolute atomic E-state index is 10.5. The van der Waals surface area contributed by atoms with Gasteiger partial charge >= 0.3 is 5.97 Å². The van der Waals surface area contributed by atoms with Crippen molar-refractivity contribution in [3.8, 4) is 0 Å². The molecule has 0 saturated heterocycles. The van der Waals surface area contributed by atoms with Gasteiger partial charge in [0.05, 0.1) is 6.04 Å². The Labute approximate surface area is 101 Å². The number of carbonyl (C=O) groups is 1. The van der Waals surface area contributed by atoms with E-state index in [1.807, 2.05) is 24.3 Å². The van der Waals surface area contributed by atoms with E-state index in [9.17, 15) is 4.79 Å². The van der Waals surface area contributed by atoms with Crippen LogP contribution in [0.15, 0.2) is 33.9 Å². The summed E-state index contributed by atoms with van der Waals surface area (Å²) in [6, 6.07) is 6.86. The predicted molar refractivity (Wildman–Crippen MR) is 62.9 cm³/mol. The lowest BCUT2D eigenvalue weighted by Gasteiger charge is -2.09. The summed E-state index contributed by atoms with van der Waals surface area (Å²) in [6.45, 7) is 0. The van der Waals surface area contributed by atoms with E-state index in [1.165, 1.54) is 0 Å². The van der Waals surface area contributed by atoms with Gasteiger partial charge in [-0.15, -0.1) is 0 Å². The van der Waals surface area contributed by atoms with Gasteiger partial charge in [-0.3, -0.25) is 4.79 Å². The van der Waals surface area contributed by atoms with E-state index in [0.29, 0.717) is 6.42 Å². The summed E-state index contributed by atoms with van der Waals surface area (Å²) in [5, 5.41) is 12.2. The van der Waals surface area contributed by atoms with E-state index in [0.717, 1.165) is 10.0 Å². The third-order valence-corrected chi connectivity index (χ3v) is 2.61. The minimum atomic E-state index is -0.893. The van der Waals surface area contributed by atoms with Crippen molar-refractivity contribution >= 4 is 21.9 Å². The highest BCUT2D eigenvalue weighted by atomic mass is 79.9. The highest BCUT2D eigenvalue weighted by Gasteiger charge is 2.11. The summed E-state index contributed by atoms with van der Waals surface area (Å²) < 4.78 is 0.925. The Morgan fingerprint density at radius 3 is 2.62 bits per heavy atom. The van der Waals surface area contributed by atoms with Crippen LogP contribution >= 0.6 is 15.9 Å². The average molecular weight is 284 g/mol. The number of halogens is 1. The molecule has 1 atom stereocenters. The Bertz CT molecular complexity index is 413. The fraction of sp³-hybridized carbons (Fsp3) is 0.300. The van der Waals surface area contributed by atoms with Crippen molar-refractivity contribution in [2.45, 2.75) is 18.9 Å². The molecule has 16 heavy (non-hydrogen) atoms. The molecule has 0 aliphatic heterocycles. The Kier molecular flexibility index (Phi) is 4.82. The van der Waals surface area contributed by atoms with Crippen molar-refractivity contribution in [3.63, 3.8) is 0 Å². The van der Waals surface area contributed by atoms with Crippen molar-refractivity contribution in [2.75, 3.05) is 0 Å². The van der Waals surface area contributed by atoms with E-state index in [4.69, 9.17) is 10.6 Å². The van der Waals surface area contributed by atoms with Crippen LogP contribution in [-0.4, -0.2) is 11.1 Å². The first-order valence-corrected chi connectivity index (χ1v) is 5.44. The second kappa shape index (κ2) is 6.15. The van der Waals surface area contributed by atoms with Crippen molar-refractivity contribution in [1.82, 2.24) is 0 Å². The van der Waals surface area contributed by atoms with Gasteiger partial charge in [0.1, 0.15) is 0 Å². The van der Waals surface area contributed by atoms with Crippen LogP contribution in [0, 0.1) is 0 Å². The first kappa shape index (κ1) is 12.5. The van der Waals surface area contributed by atoms with E-state index < -0.39 is 12.0 Å². The second-order valence-electron chi connectivity index (χ2n) is 3.20. The molecule has 1 aromatic rings. The zero-order valence-electron chi connectivity index (χ0n) is 8.38. The van der Waals surface area contributed by atoms with Crippen molar-refractivity contribution < 1.29 is 9.90 Å². The number of hydrogen-bond acceptors (Lipinski definition) is 2. The van der Waals surface area contributed by atoms with Crippen molar-refractivity contribution in [1.29, 1.82) is 0 Å². The molecule has 0 amide bonds. The third-order valence-electron chi connectivity index (χ3n) is 2.08. The van der Waals surface area contributed by atoms with Crippen LogP contribution in [0.1, 0.15) is 24.4 Å². The molecule has 0 aliphatic rings. The largest absolute Gasteiger partial charge is 0.481 e. The molecule has 0 aliphatic carbocycles. The Balaban J connectivity index is 2.80. The molecular formula is C10H10BrN3O2. The average Bonchev–Trinajstić information content (AvgIpc) is 2.25. The fourth-order valence-corrected chi connectivity index (χ4v) is 1.56. The van der Waals surface area contributed by atoms with Crippen molar-refractivity contribution in [3.05, 3.63) is 44.7 Å². The van der Waals surface area contributed by atoms with Crippen LogP contribution in [0.5, 0.6) is 0 Å². The number of hydrogen-bond donors (Lipinski definition) is 1. The minimum Gasteiger partial charge on any atom is -0.481 e. The van der Waals surface area contributed by atoms with Crippen molar-refractivity contribution in [2.24, 2.45) is 5.11 Å². The number of aliphatic carboxylic acids is 1. The van der Waals surface area contributed by atoms with Crippen LogP contribution in [-0.2, 0) is 4.79 Å². The highest BCUT2D eigenvalue weighted by molar-refractivity contribution is 9.10. The number of carboxylic acid groups (broad SMARTS) is 1. The van der Waals surface area contributed by atoms with Gasteiger partial charge < -0.3 is 5.11 Å². The summed E-state index contributed by atoms with van der Waals surface area (Å²) in [6.07, 6.45) is 0.292. The Hall–Kier alpha value is -1.52. The van der Waals surface area contributed by atoms with Crippen LogP contribution in [0.25, 0.3) is 10.4 Å². The molecule has 1 N–H and O–H groups in total. The van der Waals surface area contributed by atoms with Gasteiger partial charge in [-0.1, -0.05) is 33.2 Å². The van der Waals surface area contributed by atoms with Crippen LogP contribution in [0.4, 0.5) is 0 Å². The van der Waals surface area contributed by atoms with Gasteiger partial charge in [0.15, 0.2) is 0 Å². The number of rotatable bonds is 5. The highest BCUT2D eigenvalue weighted by Crippen LogP contribution is 2.24. The number of azide groups is 1. The fourth-order valence-electron chi connectivity index (χ4n) is 1.30. The number of nitrogens with zero attached hydrogens (tertiary/aromatic N) is 3. The predicted octanol–water partition coefficient (Wildman–Crippen LogP) is 3.67. The molecule has 0 aromatic heterocycles. The van der Waals surface area contributed by atoms with Gasteiger partial charge in [0.25, 0.3) is 0 Å². The molecule has 1 rings (SSSR count). The quantitative estimate of drug-likeness (QED) is 0.508. The first-order chi connectivity index (χ1) is 7.63. The lowest BCUT2D eigenvalue weighted by atomic mass is 10.0. The summed E-state index contributed by atoms with van der Waals surface area (Å²) >= 11 is 3.30. The zero-order valence-corrected chi connectivity index (χ0v) is 9.96. The van der Waals surface area contributed by atoms with E-state index >= 15 is 0 Å². The van der Waals surface area contributed by atoms with Crippen LogP contribution < -0.4 is 0 Å². The van der Waals surface area contributed by atoms with E-state index in [1.54, 1.807) is 0 Å². The van der Waals surface area contributed by atoms with Gasteiger partial charge in [-0.05, 0) is 29.6 Å². The monoisotopic (exact) mass is 283 g/mol. The molecule has 1 unspecified atom stereocenters. The zero-order chi connectivity index (χ0) is 12.0. The summed E-state index contributed by atoms with van der Waals surface area (Å²) in [7, 11) is 0. The third kappa shape index (κ3) is 3.92. The van der Waals surface area contributed by atoms with E-state index in [2.05, 4.69) is 26.0 Å². The summed E-state index contributed by atoms with van der Waals surface area (Å²) in [4.78, 5) is 13.2. The minimum absolute atomic E-state index is 0.0141. The van der Waals surface area contributed by atoms with E-state index in [-0.39, 0.29) is 6.42 Å². The Morgan fingerprint density at radius 2 is 2.12 bits per heavy atom. The topological polar surface area (TPSA) is 86.1 Å². The molecule has 84 valence electrons. The number of carboxylic acids is 1. The summed E-state index contributed by atoms with van der Waals surface area (Å²) in [5.41, 5.74) is 9.24. The standard InChI is InChI=1S/C10H10BrN3O2/c11-8-3-1-7(2-4-8)9(13-14-12)5-6-10(15)16/h1-4,9H,5-6H2,(H,15,16). The molecular weight excluding hydrogens is 274 g/mol. The summed E-state index contributed by atoms with van der Waals surface area (Å²) in [5.74, 6) is -0.893. The molecule has 6 heteroatoms. The molecule has 0 saturated carbocycles. The van der Waals surface area contributed by atoms with Gasteiger partial charge in [-0.25, -0.2) is 0 Å². The lowest BCUT2D eigenvalue weighted by molar-refractivity contribution is -0.137. The lowest BCUT2D eigenvalue weighted by Crippen LogP contribution is -2.00. The SMILES string of the molecule is [N-]=[N+]=NC(CCC(=O)O)c1ccc(Br)cc1. The first-order valence-electron chi connectivity index (χ1n) is 4.65. The molecule has 0 heterocycles. The molecule has 0 radical (unpaired) electrons.